The zero-order chi connectivity index (χ0) is 72.3. The number of aliphatic hydroxyl groups is 1. The molecule has 6 atom stereocenters. The Kier molecular flexibility index (Phi) is 68.1. The van der Waals surface area contributed by atoms with Gasteiger partial charge in [0.05, 0.1) is 26.4 Å². The lowest BCUT2D eigenvalue weighted by Crippen LogP contribution is -2.30. The molecule has 0 saturated carbocycles. The van der Waals surface area contributed by atoms with Gasteiger partial charge in [-0.3, -0.25) is 37.3 Å². The maximum Gasteiger partial charge on any atom is 0.472 e. The van der Waals surface area contributed by atoms with Crippen molar-refractivity contribution >= 4 is 39.5 Å². The molecule has 3 N–H and O–H groups in total. The average molecular weight is 1440 g/mol. The number of hydrogen-bond donors (Lipinski definition) is 3. The summed E-state index contributed by atoms with van der Waals surface area (Å²) in [6.45, 7) is 11.9. The van der Waals surface area contributed by atoms with Gasteiger partial charge in [-0.2, -0.15) is 0 Å². The summed E-state index contributed by atoms with van der Waals surface area (Å²) in [5, 5.41) is 10.6. The summed E-state index contributed by atoms with van der Waals surface area (Å²) in [5.74, 6) is 0.159. The van der Waals surface area contributed by atoms with Crippen LogP contribution < -0.4 is 0 Å². The first kappa shape index (κ1) is 96.1. The molecule has 0 aromatic rings. The van der Waals surface area contributed by atoms with E-state index in [4.69, 9.17) is 37.0 Å². The van der Waals surface area contributed by atoms with Gasteiger partial charge in [0.25, 0.3) is 0 Å². The van der Waals surface area contributed by atoms with Crippen LogP contribution in [0.25, 0.3) is 0 Å². The van der Waals surface area contributed by atoms with Crippen LogP contribution in [-0.2, 0) is 65.4 Å². The van der Waals surface area contributed by atoms with Gasteiger partial charge in [-0.05, 0) is 43.4 Å². The molecule has 0 bridgehead atoms. The second-order valence-electron chi connectivity index (χ2n) is 29.6. The fourth-order valence-corrected chi connectivity index (χ4v) is 13.7. The maximum atomic E-state index is 13.1. The molecule has 0 fully saturated rings. The van der Waals surface area contributed by atoms with Crippen LogP contribution in [0.5, 0.6) is 0 Å². The van der Waals surface area contributed by atoms with Gasteiger partial charge in [-0.25, -0.2) is 9.13 Å². The molecule has 19 heteroatoms. The van der Waals surface area contributed by atoms with Crippen molar-refractivity contribution in [3.63, 3.8) is 0 Å². The van der Waals surface area contributed by atoms with Crippen molar-refractivity contribution in [2.24, 2.45) is 17.8 Å². The molecule has 0 aromatic carbocycles. The van der Waals surface area contributed by atoms with Crippen LogP contribution in [0.1, 0.15) is 408 Å². The Bertz CT molecular complexity index is 1910. The largest absolute Gasteiger partial charge is 0.472 e. The highest BCUT2D eigenvalue weighted by molar-refractivity contribution is 7.47. The van der Waals surface area contributed by atoms with E-state index in [1.54, 1.807) is 0 Å². The number of ether oxygens (including phenoxy) is 4. The van der Waals surface area contributed by atoms with Crippen LogP contribution in [0, 0.1) is 17.8 Å². The van der Waals surface area contributed by atoms with E-state index in [0.29, 0.717) is 25.7 Å². The van der Waals surface area contributed by atoms with Crippen LogP contribution in [0.4, 0.5) is 0 Å². The number of aliphatic hydroxyl groups excluding tert-OH is 1. The molecule has 0 aliphatic carbocycles. The molecule has 3 unspecified atom stereocenters. The van der Waals surface area contributed by atoms with Gasteiger partial charge in [0, 0.05) is 25.7 Å². The van der Waals surface area contributed by atoms with E-state index in [9.17, 15) is 43.2 Å². The molecule has 0 rings (SSSR count). The molecule has 0 amide bonds. The van der Waals surface area contributed by atoms with Crippen molar-refractivity contribution < 1.29 is 80.2 Å². The summed E-state index contributed by atoms with van der Waals surface area (Å²) in [5.41, 5.74) is 0. The van der Waals surface area contributed by atoms with Crippen LogP contribution in [0.15, 0.2) is 0 Å². The first-order valence-electron chi connectivity index (χ1n) is 40.9. The number of esters is 4. The van der Waals surface area contributed by atoms with Crippen molar-refractivity contribution in [3.05, 3.63) is 0 Å². The summed E-state index contributed by atoms with van der Waals surface area (Å²) in [6.07, 6.45) is 56.9. The number of phosphoric ester groups is 2. The van der Waals surface area contributed by atoms with E-state index in [0.717, 1.165) is 114 Å². The van der Waals surface area contributed by atoms with Crippen LogP contribution in [0.2, 0.25) is 0 Å². The molecule has 0 aliphatic heterocycles. The zero-order valence-corrected chi connectivity index (χ0v) is 66.0. The fourth-order valence-electron chi connectivity index (χ4n) is 12.1. The van der Waals surface area contributed by atoms with Crippen LogP contribution >= 0.6 is 15.6 Å². The Morgan fingerprint density at radius 2 is 0.520 bits per heavy atom. The van der Waals surface area contributed by atoms with Gasteiger partial charge in [0.2, 0.25) is 0 Å². The second kappa shape index (κ2) is 69.4. The minimum Gasteiger partial charge on any atom is -0.462 e. The summed E-state index contributed by atoms with van der Waals surface area (Å²) < 4.78 is 68.6. The molecule has 0 heterocycles. The molecule has 17 nitrogen and oxygen atoms in total. The SMILES string of the molecule is CCCCCCCCCCCCCCCCCCCCCC(=O)O[C@H](COC(=O)CCCCCCCCCCCCCCCC(C)C)COP(=O)(O)OC[C@@H](O)COP(=O)(O)OC[C@@H](COC(=O)CCCCCCCCC(C)CC)OC(=O)CCCCCCCCCCCCC(C)C. The first-order valence-corrected chi connectivity index (χ1v) is 43.9. The highest BCUT2D eigenvalue weighted by Crippen LogP contribution is 2.45. The highest BCUT2D eigenvalue weighted by Gasteiger charge is 2.30. The Morgan fingerprint density at radius 3 is 0.776 bits per heavy atom. The van der Waals surface area contributed by atoms with Crippen molar-refractivity contribution in [3.8, 4) is 0 Å². The third kappa shape index (κ3) is 71.1. The number of unbranched alkanes of at least 4 members (excludes halogenated alkanes) is 44. The van der Waals surface area contributed by atoms with Gasteiger partial charge in [0.15, 0.2) is 12.2 Å². The monoisotopic (exact) mass is 1440 g/mol. The molecule has 0 radical (unpaired) electrons. The quantitative estimate of drug-likeness (QED) is 0.0222. The first-order chi connectivity index (χ1) is 47.3. The predicted octanol–water partition coefficient (Wildman–Crippen LogP) is 23.4. The summed E-state index contributed by atoms with van der Waals surface area (Å²) in [4.78, 5) is 72.9. The number of carbonyl (C=O) groups excluding carboxylic acids is 4. The van der Waals surface area contributed by atoms with E-state index in [1.165, 1.54) is 212 Å². The van der Waals surface area contributed by atoms with Crippen LogP contribution in [0.3, 0.4) is 0 Å². The Labute approximate surface area is 600 Å². The van der Waals surface area contributed by atoms with E-state index in [1.807, 2.05) is 0 Å². The van der Waals surface area contributed by atoms with Crippen molar-refractivity contribution in [1.29, 1.82) is 0 Å². The van der Waals surface area contributed by atoms with Gasteiger partial charge in [0.1, 0.15) is 19.3 Å². The molecule has 582 valence electrons. The standard InChI is InChI=1S/C79H154O17P2/c1-8-10-11-12-13-14-15-16-17-18-19-20-21-24-28-34-39-48-55-62-78(83)95-74(66-89-76(81)60-53-46-38-33-27-25-22-23-26-31-36-43-50-57-70(3)4)68-93-97(85,86)91-64-73(80)65-92-98(87,88)94-69-75(67-90-77(82)61-54-47-42-41-45-52-59-72(7)9-2)96-79(84)63-56-49-40-35-30-29-32-37-44-51-58-71(5)6/h70-75,80H,8-69H2,1-7H3,(H,85,86)(H,87,88)/t72?,73-,74-,75-/m1/s1. The fraction of sp³-hybridized carbons (Fsp3) is 0.949. The summed E-state index contributed by atoms with van der Waals surface area (Å²) in [7, 11) is -9.92. The normalized spacial score (nSPS) is 14.3. The lowest BCUT2D eigenvalue weighted by Gasteiger charge is -2.21. The highest BCUT2D eigenvalue weighted by atomic mass is 31.2. The average Bonchev–Trinajstić information content (AvgIpc) is 1.22. The Hall–Kier alpha value is -1.94. The van der Waals surface area contributed by atoms with E-state index < -0.39 is 97.5 Å². The smallest absolute Gasteiger partial charge is 0.462 e. The Balaban J connectivity index is 5.24. The van der Waals surface area contributed by atoms with E-state index in [-0.39, 0.29) is 25.7 Å². The van der Waals surface area contributed by atoms with Gasteiger partial charge >= 0.3 is 39.5 Å². The summed E-state index contributed by atoms with van der Waals surface area (Å²) in [6, 6.07) is 0. The second-order valence-corrected chi connectivity index (χ2v) is 32.6. The molecule has 0 aliphatic rings. The zero-order valence-electron chi connectivity index (χ0n) is 64.3. The number of phosphoric acid groups is 2. The molecular formula is C79H154O17P2. The number of rotatable bonds is 77. The topological polar surface area (TPSA) is 237 Å². The van der Waals surface area contributed by atoms with Crippen molar-refractivity contribution in [2.75, 3.05) is 39.6 Å². The third-order valence-corrected chi connectivity index (χ3v) is 20.6. The molecular weight excluding hydrogens is 1280 g/mol. The maximum absolute atomic E-state index is 13.1. The molecule has 0 spiro atoms. The lowest BCUT2D eigenvalue weighted by molar-refractivity contribution is -0.161. The molecule has 0 aromatic heterocycles. The van der Waals surface area contributed by atoms with Gasteiger partial charge < -0.3 is 33.8 Å². The van der Waals surface area contributed by atoms with Crippen molar-refractivity contribution in [2.45, 2.75) is 426 Å². The number of carbonyl (C=O) groups is 4. The third-order valence-electron chi connectivity index (χ3n) is 18.7. The summed E-state index contributed by atoms with van der Waals surface area (Å²) >= 11 is 0. The van der Waals surface area contributed by atoms with Gasteiger partial charge in [-0.15, -0.1) is 0 Å². The minimum atomic E-state index is -4.96. The van der Waals surface area contributed by atoms with Crippen LogP contribution in [-0.4, -0.2) is 96.7 Å². The number of hydrogen-bond acceptors (Lipinski definition) is 15. The van der Waals surface area contributed by atoms with Gasteiger partial charge in [-0.1, -0.05) is 357 Å². The Morgan fingerprint density at radius 1 is 0.296 bits per heavy atom. The van der Waals surface area contributed by atoms with E-state index in [2.05, 4.69) is 48.5 Å². The predicted molar refractivity (Wildman–Crippen MR) is 400 cm³/mol. The lowest BCUT2D eigenvalue weighted by atomic mass is 10.00. The van der Waals surface area contributed by atoms with Crippen molar-refractivity contribution in [1.82, 2.24) is 0 Å². The van der Waals surface area contributed by atoms with E-state index >= 15 is 0 Å². The molecule has 0 saturated heterocycles. The molecule has 98 heavy (non-hydrogen) atoms. The minimum absolute atomic E-state index is 0.105.